The first-order valence-corrected chi connectivity index (χ1v) is 5.06. The van der Waals surface area contributed by atoms with Gasteiger partial charge < -0.3 is 9.84 Å². The molecule has 5 heteroatoms. The molecule has 1 aromatic carbocycles. The summed E-state index contributed by atoms with van der Waals surface area (Å²) in [5.41, 5.74) is 8.51. The lowest BCUT2D eigenvalue weighted by molar-refractivity contribution is -0.0570. The third kappa shape index (κ3) is 1.60. The van der Waals surface area contributed by atoms with Gasteiger partial charge >= 0.3 is 0 Å². The maximum absolute atomic E-state index is 10.1. The zero-order valence-electron chi connectivity index (χ0n) is 9.16. The Labute approximate surface area is 93.3 Å². The monoisotopic (exact) mass is 219 g/mol. The van der Waals surface area contributed by atoms with Gasteiger partial charge in [0.1, 0.15) is 17.5 Å². The predicted octanol–water partition coefficient (Wildman–Crippen LogP) is 2.57. The van der Waals surface area contributed by atoms with Gasteiger partial charge in [-0.1, -0.05) is 23.3 Å². The minimum Gasteiger partial charge on any atom is -0.485 e. The van der Waals surface area contributed by atoms with Crippen molar-refractivity contribution in [1.82, 2.24) is 0 Å². The summed E-state index contributed by atoms with van der Waals surface area (Å²) in [6.45, 7) is 3.54. The van der Waals surface area contributed by atoms with Gasteiger partial charge in [0.2, 0.25) is 0 Å². The molecule has 0 saturated carbocycles. The summed E-state index contributed by atoms with van der Waals surface area (Å²) in [5.74, 6) is 0.662. The van der Waals surface area contributed by atoms with E-state index in [1.165, 1.54) is 0 Å². The number of nitrogens with zero attached hydrogens (tertiary/aromatic N) is 3. The molecule has 2 rings (SSSR count). The molecule has 16 heavy (non-hydrogen) atoms. The number of fused-ring (bicyclic) bond motifs is 1. The molecule has 0 aromatic heterocycles. The third-order valence-corrected chi connectivity index (χ3v) is 2.80. The summed E-state index contributed by atoms with van der Waals surface area (Å²) >= 11 is 0. The molecule has 2 atom stereocenters. The number of aliphatic hydroxyl groups is 1. The molecule has 0 aliphatic carbocycles. The zero-order chi connectivity index (χ0) is 11.8. The summed E-state index contributed by atoms with van der Waals surface area (Å²) in [6.07, 6.45) is -0.849. The van der Waals surface area contributed by atoms with Crippen molar-refractivity contribution in [1.29, 1.82) is 0 Å². The van der Waals surface area contributed by atoms with Crippen LogP contribution < -0.4 is 4.74 Å². The van der Waals surface area contributed by atoms with E-state index in [-0.39, 0.29) is 0 Å². The SMILES string of the molecule is CC1(C)Oc2ccccc2[C@@H](N=[N+]=[N-])[C@@H]1O. The molecule has 0 radical (unpaired) electrons. The molecule has 0 amide bonds. The van der Waals surface area contributed by atoms with Crippen LogP contribution in [0.15, 0.2) is 29.4 Å². The van der Waals surface area contributed by atoms with Crippen molar-refractivity contribution >= 4 is 0 Å². The summed E-state index contributed by atoms with van der Waals surface area (Å²) in [5, 5.41) is 13.7. The van der Waals surface area contributed by atoms with E-state index in [1.54, 1.807) is 19.9 Å². The molecule has 1 aliphatic heterocycles. The largest absolute Gasteiger partial charge is 0.485 e. The predicted molar refractivity (Wildman–Crippen MR) is 59.0 cm³/mol. The first-order chi connectivity index (χ1) is 7.56. The summed E-state index contributed by atoms with van der Waals surface area (Å²) in [6, 6.07) is 6.69. The van der Waals surface area contributed by atoms with Crippen molar-refractivity contribution in [2.24, 2.45) is 5.11 Å². The fraction of sp³-hybridized carbons (Fsp3) is 0.455. The van der Waals surface area contributed by atoms with Crippen LogP contribution in [0.2, 0.25) is 0 Å². The van der Waals surface area contributed by atoms with Crippen molar-refractivity contribution in [2.45, 2.75) is 31.6 Å². The Morgan fingerprint density at radius 2 is 2.12 bits per heavy atom. The van der Waals surface area contributed by atoms with Gasteiger partial charge in [0.15, 0.2) is 0 Å². The second-order valence-electron chi connectivity index (χ2n) is 4.34. The number of hydrogen-bond donors (Lipinski definition) is 1. The molecule has 1 N–H and O–H groups in total. The summed E-state index contributed by atoms with van der Waals surface area (Å²) in [4.78, 5) is 2.78. The number of para-hydroxylation sites is 1. The highest BCUT2D eigenvalue weighted by Crippen LogP contribution is 2.41. The lowest BCUT2D eigenvalue weighted by Gasteiger charge is -2.40. The van der Waals surface area contributed by atoms with Crippen molar-refractivity contribution in [3.8, 4) is 5.75 Å². The maximum Gasteiger partial charge on any atom is 0.130 e. The second kappa shape index (κ2) is 3.70. The Balaban J connectivity index is 2.55. The van der Waals surface area contributed by atoms with Crippen LogP contribution in [-0.2, 0) is 0 Å². The van der Waals surface area contributed by atoms with E-state index in [1.807, 2.05) is 18.2 Å². The van der Waals surface area contributed by atoms with E-state index in [0.29, 0.717) is 5.75 Å². The Hall–Kier alpha value is -1.71. The van der Waals surface area contributed by atoms with Crippen molar-refractivity contribution < 1.29 is 9.84 Å². The van der Waals surface area contributed by atoms with Gasteiger partial charge in [0.05, 0.1) is 6.04 Å². The lowest BCUT2D eigenvalue weighted by atomic mass is 9.87. The van der Waals surface area contributed by atoms with Gasteiger partial charge in [-0.15, -0.1) is 0 Å². The number of hydrogen-bond acceptors (Lipinski definition) is 3. The van der Waals surface area contributed by atoms with Crippen LogP contribution in [0.5, 0.6) is 5.75 Å². The van der Waals surface area contributed by atoms with Crippen LogP contribution in [0.3, 0.4) is 0 Å². The van der Waals surface area contributed by atoms with Crippen LogP contribution in [-0.4, -0.2) is 16.8 Å². The quantitative estimate of drug-likeness (QED) is 0.447. The van der Waals surface area contributed by atoms with Crippen molar-refractivity contribution in [2.75, 3.05) is 0 Å². The number of ether oxygens (including phenoxy) is 1. The van der Waals surface area contributed by atoms with E-state index in [0.717, 1.165) is 5.56 Å². The van der Waals surface area contributed by atoms with E-state index < -0.39 is 17.7 Å². The topological polar surface area (TPSA) is 78.2 Å². The first-order valence-electron chi connectivity index (χ1n) is 5.06. The number of aliphatic hydroxyl groups excluding tert-OH is 1. The molecule has 0 saturated heterocycles. The average molecular weight is 219 g/mol. The van der Waals surface area contributed by atoms with Gasteiger partial charge in [0, 0.05) is 10.5 Å². The maximum atomic E-state index is 10.1. The van der Waals surface area contributed by atoms with Gasteiger partial charge in [0.25, 0.3) is 0 Å². The molecular weight excluding hydrogens is 206 g/mol. The van der Waals surface area contributed by atoms with E-state index in [4.69, 9.17) is 10.3 Å². The first kappa shape index (κ1) is 10.8. The Bertz CT molecular complexity index is 452. The lowest BCUT2D eigenvalue weighted by Crippen LogP contribution is -2.48. The average Bonchev–Trinajstić information content (AvgIpc) is 2.24. The summed E-state index contributed by atoms with van der Waals surface area (Å²) in [7, 11) is 0. The van der Waals surface area contributed by atoms with E-state index in [9.17, 15) is 5.11 Å². The summed E-state index contributed by atoms with van der Waals surface area (Å²) < 4.78 is 5.67. The standard InChI is InChI=1S/C11H13N3O2/c1-11(2)10(15)9(13-14-12)7-5-3-4-6-8(7)16-11/h3-6,9-10,15H,1-2H3/t9-,10+/m1/s1. The second-order valence-corrected chi connectivity index (χ2v) is 4.34. The van der Waals surface area contributed by atoms with Crippen LogP contribution in [0.25, 0.3) is 10.4 Å². The fourth-order valence-electron chi connectivity index (χ4n) is 1.89. The minimum absolute atomic E-state index is 0.593. The molecule has 0 spiro atoms. The highest BCUT2D eigenvalue weighted by atomic mass is 16.5. The van der Waals surface area contributed by atoms with Crippen molar-refractivity contribution in [3.05, 3.63) is 40.3 Å². The highest BCUT2D eigenvalue weighted by Gasteiger charge is 2.42. The van der Waals surface area contributed by atoms with Crippen LogP contribution in [0, 0.1) is 0 Å². The molecule has 0 fully saturated rings. The molecule has 0 unspecified atom stereocenters. The van der Waals surface area contributed by atoms with Crippen LogP contribution in [0.1, 0.15) is 25.5 Å². The van der Waals surface area contributed by atoms with Gasteiger partial charge in [-0.25, -0.2) is 0 Å². The number of azide groups is 1. The van der Waals surface area contributed by atoms with Crippen LogP contribution >= 0.6 is 0 Å². The smallest absolute Gasteiger partial charge is 0.130 e. The number of benzene rings is 1. The Morgan fingerprint density at radius 3 is 2.81 bits per heavy atom. The molecule has 1 aliphatic rings. The van der Waals surface area contributed by atoms with Crippen molar-refractivity contribution in [3.63, 3.8) is 0 Å². The highest BCUT2D eigenvalue weighted by molar-refractivity contribution is 5.40. The van der Waals surface area contributed by atoms with Gasteiger partial charge in [-0.05, 0) is 25.4 Å². The van der Waals surface area contributed by atoms with Gasteiger partial charge in [-0.2, -0.15) is 0 Å². The molecular formula is C11H13N3O2. The Kier molecular flexibility index (Phi) is 2.50. The van der Waals surface area contributed by atoms with Gasteiger partial charge in [-0.3, -0.25) is 0 Å². The van der Waals surface area contributed by atoms with E-state index >= 15 is 0 Å². The Morgan fingerprint density at radius 1 is 1.44 bits per heavy atom. The number of rotatable bonds is 1. The fourth-order valence-corrected chi connectivity index (χ4v) is 1.89. The molecule has 0 bridgehead atoms. The van der Waals surface area contributed by atoms with E-state index in [2.05, 4.69) is 10.0 Å². The normalized spacial score (nSPS) is 26.2. The minimum atomic E-state index is -0.849. The molecule has 5 nitrogen and oxygen atoms in total. The van der Waals surface area contributed by atoms with Crippen LogP contribution in [0.4, 0.5) is 0 Å². The molecule has 1 heterocycles. The molecule has 1 aromatic rings. The third-order valence-electron chi connectivity index (χ3n) is 2.80. The molecule has 84 valence electrons. The zero-order valence-corrected chi connectivity index (χ0v) is 9.16.